The Kier molecular flexibility index (Phi) is 16.2. The molecule has 5 amide bonds. The van der Waals surface area contributed by atoms with Crippen LogP contribution in [0.1, 0.15) is 60.9 Å². The molecule has 0 unspecified atom stereocenters. The molecule has 212 valence electrons. The first kappa shape index (κ1) is 33.3. The molecule has 0 aromatic heterocycles. The SMILES string of the molecule is CCNC(=O)CSCCNC(=O)c1cc(CNC(=O)C(C)C)cc(C(=O)NCCSCC(=O)NC(C)C)c1. The van der Waals surface area contributed by atoms with E-state index in [1.807, 2.05) is 20.8 Å². The number of amides is 5. The van der Waals surface area contributed by atoms with Crippen LogP contribution in [0, 0.1) is 5.92 Å². The van der Waals surface area contributed by atoms with Crippen molar-refractivity contribution in [3.8, 4) is 0 Å². The highest BCUT2D eigenvalue weighted by Gasteiger charge is 2.15. The molecule has 0 spiro atoms. The summed E-state index contributed by atoms with van der Waals surface area (Å²) in [6.07, 6.45) is 0. The Morgan fingerprint density at radius 1 is 0.737 bits per heavy atom. The van der Waals surface area contributed by atoms with Crippen LogP contribution in [0.4, 0.5) is 0 Å². The number of carbonyl (C=O) groups is 5. The highest BCUT2D eigenvalue weighted by atomic mass is 32.2. The quantitative estimate of drug-likeness (QED) is 0.180. The largest absolute Gasteiger partial charge is 0.356 e. The molecule has 0 saturated heterocycles. The average molecular weight is 568 g/mol. The van der Waals surface area contributed by atoms with Crippen LogP contribution in [-0.4, -0.2) is 78.2 Å². The maximum Gasteiger partial charge on any atom is 0.251 e. The number of rotatable bonds is 17. The Labute approximate surface area is 234 Å². The standard InChI is InChI=1S/C26H41N5O5S2/c1-6-27-22(32)15-37-9-7-28-25(35)20-11-19(14-30-24(34)17(2)3)12-21(13-20)26(36)29-8-10-38-16-23(33)31-18(4)5/h11-13,17-18H,6-10,14-16H2,1-5H3,(H,27,32)(H,28,35)(H,29,36)(H,30,34)(H,31,33). The van der Waals surface area contributed by atoms with E-state index in [0.29, 0.717) is 59.3 Å². The molecular formula is C26H41N5O5S2. The van der Waals surface area contributed by atoms with Gasteiger partial charge in [0.25, 0.3) is 11.8 Å². The van der Waals surface area contributed by atoms with Crippen LogP contribution in [0.5, 0.6) is 0 Å². The number of hydrogen-bond donors (Lipinski definition) is 5. The van der Waals surface area contributed by atoms with Crippen molar-refractivity contribution in [3.05, 3.63) is 34.9 Å². The summed E-state index contributed by atoms with van der Waals surface area (Å²) in [5, 5.41) is 14.0. The van der Waals surface area contributed by atoms with Gasteiger partial charge in [-0.15, -0.1) is 0 Å². The predicted octanol–water partition coefficient (Wildman–Crippen LogP) is 1.55. The summed E-state index contributed by atoms with van der Waals surface area (Å²) in [4.78, 5) is 60.9. The number of benzene rings is 1. The Morgan fingerprint density at radius 3 is 1.74 bits per heavy atom. The van der Waals surface area contributed by atoms with Crippen LogP contribution in [0.25, 0.3) is 0 Å². The van der Waals surface area contributed by atoms with E-state index >= 15 is 0 Å². The molecule has 12 heteroatoms. The Hall–Kier alpha value is -2.73. The molecule has 1 rings (SSSR count). The van der Waals surface area contributed by atoms with Gasteiger partial charge in [0.05, 0.1) is 11.5 Å². The van der Waals surface area contributed by atoms with Crippen LogP contribution in [-0.2, 0) is 20.9 Å². The van der Waals surface area contributed by atoms with Crippen molar-refractivity contribution in [2.45, 2.75) is 47.2 Å². The van der Waals surface area contributed by atoms with E-state index < -0.39 is 0 Å². The van der Waals surface area contributed by atoms with Crippen molar-refractivity contribution < 1.29 is 24.0 Å². The molecule has 0 saturated carbocycles. The monoisotopic (exact) mass is 567 g/mol. The Balaban J connectivity index is 2.75. The minimum absolute atomic E-state index is 0.0483. The van der Waals surface area contributed by atoms with Gasteiger partial charge in [-0.2, -0.15) is 23.5 Å². The van der Waals surface area contributed by atoms with E-state index in [2.05, 4.69) is 26.6 Å². The van der Waals surface area contributed by atoms with Crippen molar-refractivity contribution in [2.24, 2.45) is 5.92 Å². The topological polar surface area (TPSA) is 146 Å². The first-order valence-electron chi connectivity index (χ1n) is 12.7. The number of carbonyl (C=O) groups excluding carboxylic acids is 5. The predicted molar refractivity (Wildman–Crippen MR) is 154 cm³/mol. The molecular weight excluding hydrogens is 526 g/mol. The maximum absolute atomic E-state index is 12.8. The van der Waals surface area contributed by atoms with Gasteiger partial charge in [0, 0.05) is 60.8 Å². The summed E-state index contributed by atoms with van der Waals surface area (Å²) in [6, 6.07) is 4.90. The molecule has 0 atom stereocenters. The average Bonchev–Trinajstić information content (AvgIpc) is 2.86. The van der Waals surface area contributed by atoms with Crippen LogP contribution >= 0.6 is 23.5 Å². The lowest BCUT2D eigenvalue weighted by molar-refractivity contribution is -0.124. The van der Waals surface area contributed by atoms with Gasteiger partial charge >= 0.3 is 0 Å². The lowest BCUT2D eigenvalue weighted by atomic mass is 10.0. The van der Waals surface area contributed by atoms with Gasteiger partial charge in [-0.25, -0.2) is 0 Å². The van der Waals surface area contributed by atoms with Crippen LogP contribution in [0.3, 0.4) is 0 Å². The van der Waals surface area contributed by atoms with Crippen molar-refractivity contribution in [1.82, 2.24) is 26.6 Å². The number of hydrogen-bond acceptors (Lipinski definition) is 7. The number of thioether (sulfide) groups is 2. The van der Waals surface area contributed by atoms with Gasteiger partial charge < -0.3 is 26.6 Å². The van der Waals surface area contributed by atoms with E-state index in [9.17, 15) is 24.0 Å². The molecule has 0 heterocycles. The molecule has 1 aromatic rings. The fourth-order valence-corrected chi connectivity index (χ4v) is 4.41. The lowest BCUT2D eigenvalue weighted by Gasteiger charge is -2.13. The van der Waals surface area contributed by atoms with Gasteiger partial charge in [0.2, 0.25) is 17.7 Å². The molecule has 0 fully saturated rings. The molecule has 0 bridgehead atoms. The third kappa shape index (κ3) is 14.3. The second kappa shape index (κ2) is 18.5. The van der Waals surface area contributed by atoms with Gasteiger partial charge in [-0.1, -0.05) is 13.8 Å². The fraction of sp³-hybridized carbons (Fsp3) is 0.577. The van der Waals surface area contributed by atoms with E-state index in [1.165, 1.54) is 29.6 Å². The first-order chi connectivity index (χ1) is 18.0. The molecule has 0 radical (unpaired) electrons. The molecule has 38 heavy (non-hydrogen) atoms. The molecule has 0 aliphatic rings. The smallest absolute Gasteiger partial charge is 0.251 e. The van der Waals surface area contributed by atoms with Gasteiger partial charge in [-0.3, -0.25) is 24.0 Å². The maximum atomic E-state index is 12.8. The zero-order chi connectivity index (χ0) is 28.5. The molecule has 10 nitrogen and oxygen atoms in total. The summed E-state index contributed by atoms with van der Waals surface area (Å²) >= 11 is 2.83. The molecule has 5 N–H and O–H groups in total. The summed E-state index contributed by atoms with van der Waals surface area (Å²) in [5.74, 6) is 0.635. The Bertz CT molecular complexity index is 956. The Morgan fingerprint density at radius 2 is 1.26 bits per heavy atom. The zero-order valence-electron chi connectivity index (χ0n) is 22.9. The van der Waals surface area contributed by atoms with Gasteiger partial charge in [-0.05, 0) is 44.5 Å². The molecule has 1 aromatic carbocycles. The molecule has 0 aliphatic carbocycles. The first-order valence-corrected chi connectivity index (χ1v) is 15.0. The van der Waals surface area contributed by atoms with E-state index in [1.54, 1.807) is 26.0 Å². The van der Waals surface area contributed by atoms with Crippen LogP contribution in [0.2, 0.25) is 0 Å². The summed E-state index contributed by atoms with van der Waals surface area (Å²) < 4.78 is 0. The summed E-state index contributed by atoms with van der Waals surface area (Å²) in [5.41, 5.74) is 1.24. The van der Waals surface area contributed by atoms with Crippen LogP contribution in [0.15, 0.2) is 18.2 Å². The summed E-state index contributed by atoms with van der Waals surface area (Å²) in [6.45, 7) is 10.7. The highest BCUT2D eigenvalue weighted by molar-refractivity contribution is 8.00. The fourth-order valence-electron chi connectivity index (χ4n) is 3.07. The minimum atomic E-state index is -0.346. The van der Waals surface area contributed by atoms with Crippen LogP contribution < -0.4 is 26.6 Å². The van der Waals surface area contributed by atoms with E-state index in [0.717, 1.165) is 0 Å². The third-order valence-electron chi connectivity index (χ3n) is 4.86. The summed E-state index contributed by atoms with van der Waals surface area (Å²) in [7, 11) is 0. The van der Waals surface area contributed by atoms with Crippen molar-refractivity contribution in [3.63, 3.8) is 0 Å². The van der Waals surface area contributed by atoms with Gasteiger partial charge in [0.15, 0.2) is 0 Å². The van der Waals surface area contributed by atoms with Gasteiger partial charge in [0.1, 0.15) is 0 Å². The normalized spacial score (nSPS) is 10.7. The second-order valence-corrected chi connectivity index (χ2v) is 11.3. The van der Waals surface area contributed by atoms with Crippen molar-refractivity contribution in [1.29, 1.82) is 0 Å². The number of nitrogens with one attached hydrogen (secondary N) is 5. The third-order valence-corrected chi connectivity index (χ3v) is 6.78. The second-order valence-electron chi connectivity index (χ2n) is 9.08. The van der Waals surface area contributed by atoms with Crippen molar-refractivity contribution in [2.75, 3.05) is 42.6 Å². The van der Waals surface area contributed by atoms with E-state index in [-0.39, 0.29) is 48.0 Å². The molecule has 0 aliphatic heterocycles. The lowest BCUT2D eigenvalue weighted by Crippen LogP contribution is -2.32. The van der Waals surface area contributed by atoms with E-state index in [4.69, 9.17) is 0 Å². The van der Waals surface area contributed by atoms with Crippen molar-refractivity contribution >= 4 is 53.1 Å². The zero-order valence-corrected chi connectivity index (χ0v) is 24.5. The highest BCUT2D eigenvalue weighted by Crippen LogP contribution is 2.12. The minimum Gasteiger partial charge on any atom is -0.356 e.